The fourth-order valence-electron chi connectivity index (χ4n) is 2.26. The number of hydrogen-bond acceptors (Lipinski definition) is 4. The molecule has 0 spiro atoms. The van der Waals surface area contributed by atoms with E-state index in [-0.39, 0.29) is 5.67 Å². The Morgan fingerprint density at radius 1 is 0.950 bits per heavy atom. The van der Waals surface area contributed by atoms with E-state index in [1.54, 1.807) is 0 Å². The maximum atomic E-state index is 5.96. The fourth-order valence-corrected chi connectivity index (χ4v) is 5.18. The Balaban J connectivity index is 4.96. The number of aliphatic imine (C=N–C) groups is 1. The van der Waals surface area contributed by atoms with Gasteiger partial charge in [-0.15, -0.1) is 0 Å². The van der Waals surface area contributed by atoms with Crippen LogP contribution in [0.5, 0.6) is 0 Å². The lowest BCUT2D eigenvalue weighted by Gasteiger charge is -2.33. The zero-order chi connectivity index (χ0) is 15.4. The minimum atomic E-state index is -2.72. The first-order valence-electron chi connectivity index (χ1n) is 7.95. The van der Waals surface area contributed by atoms with Gasteiger partial charge in [-0.1, -0.05) is 26.7 Å². The van der Waals surface area contributed by atoms with E-state index in [2.05, 4.69) is 18.8 Å². The van der Waals surface area contributed by atoms with Gasteiger partial charge in [-0.3, -0.25) is 4.99 Å². The highest BCUT2D eigenvalue weighted by molar-refractivity contribution is 6.62. The standard InChI is InChI=1S/C15H33NO3Si/c1-7-16-15(13-11-12-14(5)6)20(17-8-2,18-9-3)19-10-4/h7,14-15H,8-13H2,1-6H3. The third kappa shape index (κ3) is 6.97. The van der Waals surface area contributed by atoms with E-state index in [9.17, 15) is 0 Å². The summed E-state index contributed by atoms with van der Waals surface area (Å²) in [6.45, 7) is 14.2. The summed E-state index contributed by atoms with van der Waals surface area (Å²) in [6.07, 6.45) is 5.14. The minimum Gasteiger partial charge on any atom is -0.373 e. The van der Waals surface area contributed by atoms with Crippen molar-refractivity contribution in [3.8, 4) is 0 Å². The van der Waals surface area contributed by atoms with Crippen molar-refractivity contribution in [2.75, 3.05) is 19.8 Å². The number of hydrogen-bond donors (Lipinski definition) is 0. The fraction of sp³-hybridized carbons (Fsp3) is 0.933. The average molecular weight is 304 g/mol. The molecule has 0 aromatic carbocycles. The lowest BCUT2D eigenvalue weighted by molar-refractivity contribution is 0.0613. The molecule has 0 aromatic heterocycles. The van der Waals surface area contributed by atoms with Crippen LogP contribution in [0.15, 0.2) is 4.99 Å². The largest absolute Gasteiger partial charge is 0.526 e. The van der Waals surface area contributed by atoms with Crippen LogP contribution in [-0.4, -0.2) is 40.5 Å². The Hall–Kier alpha value is -0.233. The summed E-state index contributed by atoms with van der Waals surface area (Å²) in [6, 6.07) is 0. The van der Waals surface area contributed by atoms with E-state index in [0.29, 0.717) is 25.7 Å². The topological polar surface area (TPSA) is 40.0 Å². The van der Waals surface area contributed by atoms with Gasteiger partial charge in [-0.05, 0) is 46.2 Å². The normalized spacial score (nSPS) is 14.3. The molecule has 0 amide bonds. The van der Waals surface area contributed by atoms with E-state index >= 15 is 0 Å². The van der Waals surface area contributed by atoms with Gasteiger partial charge in [-0.25, -0.2) is 0 Å². The maximum Gasteiger partial charge on any atom is 0.526 e. The monoisotopic (exact) mass is 303 g/mol. The van der Waals surface area contributed by atoms with Gasteiger partial charge in [-0.2, -0.15) is 0 Å². The molecule has 0 saturated heterocycles. The second-order valence-corrected chi connectivity index (χ2v) is 7.89. The van der Waals surface area contributed by atoms with Crippen LogP contribution in [0.4, 0.5) is 0 Å². The van der Waals surface area contributed by atoms with Gasteiger partial charge < -0.3 is 13.3 Å². The summed E-state index contributed by atoms with van der Waals surface area (Å²) >= 11 is 0. The van der Waals surface area contributed by atoms with Crippen LogP contribution in [-0.2, 0) is 13.3 Å². The Morgan fingerprint density at radius 2 is 1.45 bits per heavy atom. The zero-order valence-corrected chi connectivity index (χ0v) is 15.1. The van der Waals surface area contributed by atoms with Crippen LogP contribution in [0.3, 0.4) is 0 Å². The molecule has 20 heavy (non-hydrogen) atoms. The molecule has 0 bridgehead atoms. The first-order valence-corrected chi connectivity index (χ1v) is 9.76. The summed E-state index contributed by atoms with van der Waals surface area (Å²) in [5.74, 6) is 0.712. The van der Waals surface area contributed by atoms with Gasteiger partial charge in [0.1, 0.15) is 5.67 Å². The van der Waals surface area contributed by atoms with Crippen LogP contribution in [0.2, 0.25) is 0 Å². The van der Waals surface area contributed by atoms with E-state index in [1.165, 1.54) is 6.42 Å². The predicted octanol–water partition coefficient (Wildman–Crippen LogP) is 3.86. The Morgan fingerprint density at radius 3 is 1.80 bits per heavy atom. The van der Waals surface area contributed by atoms with Crippen molar-refractivity contribution >= 4 is 15.0 Å². The van der Waals surface area contributed by atoms with Gasteiger partial charge in [0.15, 0.2) is 0 Å². The molecule has 120 valence electrons. The quantitative estimate of drug-likeness (QED) is 0.406. The highest BCUT2D eigenvalue weighted by atomic mass is 28.4. The molecule has 0 aliphatic carbocycles. The Kier molecular flexibility index (Phi) is 11.3. The van der Waals surface area contributed by atoms with Crippen molar-refractivity contribution < 1.29 is 13.3 Å². The predicted molar refractivity (Wildman–Crippen MR) is 87.3 cm³/mol. The van der Waals surface area contributed by atoms with Crippen LogP contribution in [0.25, 0.3) is 0 Å². The molecule has 0 radical (unpaired) electrons. The number of rotatable bonds is 12. The van der Waals surface area contributed by atoms with Gasteiger partial charge in [0.25, 0.3) is 0 Å². The third-order valence-electron chi connectivity index (χ3n) is 3.03. The van der Waals surface area contributed by atoms with Crippen LogP contribution < -0.4 is 0 Å². The smallest absolute Gasteiger partial charge is 0.373 e. The SMILES string of the molecule is CC=NC(CCCC(C)C)[Si](OCC)(OCC)OCC. The van der Waals surface area contributed by atoms with Crippen molar-refractivity contribution in [1.29, 1.82) is 0 Å². The van der Waals surface area contributed by atoms with E-state index < -0.39 is 8.80 Å². The van der Waals surface area contributed by atoms with Gasteiger partial charge in [0, 0.05) is 19.8 Å². The lowest BCUT2D eigenvalue weighted by Crippen LogP contribution is -2.56. The molecular weight excluding hydrogens is 270 g/mol. The third-order valence-corrected chi connectivity index (χ3v) is 6.36. The van der Waals surface area contributed by atoms with Crippen LogP contribution in [0.1, 0.15) is 60.8 Å². The summed E-state index contributed by atoms with van der Waals surface area (Å²) in [5, 5.41) is 0. The molecule has 0 rings (SSSR count). The van der Waals surface area contributed by atoms with E-state index in [4.69, 9.17) is 13.3 Å². The van der Waals surface area contributed by atoms with Crippen LogP contribution >= 0.6 is 0 Å². The molecule has 1 atom stereocenters. The molecule has 0 fully saturated rings. The second-order valence-electron chi connectivity index (χ2n) is 5.15. The molecule has 0 aromatic rings. The number of nitrogens with zero attached hydrogens (tertiary/aromatic N) is 1. The van der Waals surface area contributed by atoms with Crippen molar-refractivity contribution in [3.05, 3.63) is 0 Å². The van der Waals surface area contributed by atoms with Gasteiger partial charge in [0.05, 0.1) is 0 Å². The molecule has 0 aliphatic heterocycles. The summed E-state index contributed by atoms with van der Waals surface area (Å²) in [7, 11) is -2.72. The highest BCUT2D eigenvalue weighted by Crippen LogP contribution is 2.23. The molecule has 0 N–H and O–H groups in total. The lowest BCUT2D eigenvalue weighted by atomic mass is 10.1. The van der Waals surface area contributed by atoms with Crippen molar-refractivity contribution in [1.82, 2.24) is 0 Å². The van der Waals surface area contributed by atoms with Crippen molar-refractivity contribution in [3.63, 3.8) is 0 Å². The second kappa shape index (κ2) is 11.4. The Bertz CT molecular complexity index is 242. The summed E-state index contributed by atoms with van der Waals surface area (Å²) in [5.41, 5.74) is 0.0195. The van der Waals surface area contributed by atoms with E-state index in [0.717, 1.165) is 12.8 Å². The molecule has 5 heteroatoms. The zero-order valence-electron chi connectivity index (χ0n) is 14.1. The molecule has 0 saturated carbocycles. The first kappa shape index (κ1) is 19.8. The molecular formula is C15H33NO3Si. The van der Waals surface area contributed by atoms with Crippen molar-refractivity contribution in [2.24, 2.45) is 10.9 Å². The summed E-state index contributed by atoms with van der Waals surface area (Å²) in [4.78, 5) is 4.61. The average Bonchev–Trinajstić information content (AvgIpc) is 2.38. The van der Waals surface area contributed by atoms with Crippen LogP contribution in [0, 0.1) is 5.92 Å². The van der Waals surface area contributed by atoms with Gasteiger partial charge in [0.2, 0.25) is 0 Å². The first-order chi connectivity index (χ1) is 9.56. The molecule has 4 nitrogen and oxygen atoms in total. The minimum absolute atomic E-state index is 0.0195. The van der Waals surface area contributed by atoms with E-state index in [1.807, 2.05) is 33.9 Å². The molecule has 0 heterocycles. The maximum absolute atomic E-state index is 5.96. The molecule has 1 unspecified atom stereocenters. The Labute approximate surface area is 126 Å². The van der Waals surface area contributed by atoms with Crippen molar-refractivity contribution in [2.45, 2.75) is 66.5 Å². The highest BCUT2D eigenvalue weighted by Gasteiger charge is 2.49. The summed E-state index contributed by atoms with van der Waals surface area (Å²) < 4.78 is 17.9. The van der Waals surface area contributed by atoms with Gasteiger partial charge >= 0.3 is 8.80 Å². The molecule has 0 aliphatic rings.